The van der Waals surface area contributed by atoms with Crippen LogP contribution in [0.25, 0.3) is 0 Å². The monoisotopic (exact) mass is 307 g/mol. The third-order valence-electron chi connectivity index (χ3n) is 2.96. The number of nitrogens with one attached hydrogen (secondary N) is 2. The van der Waals surface area contributed by atoms with E-state index in [0.717, 1.165) is 5.56 Å². The molecule has 1 unspecified atom stereocenters. The molecule has 0 radical (unpaired) electrons. The number of pyridine rings is 1. The van der Waals surface area contributed by atoms with Crippen LogP contribution in [0, 0.1) is 11.8 Å². The molecular weight excluding hydrogens is 278 g/mol. The first-order chi connectivity index (χ1) is 10.4. The fourth-order valence-corrected chi connectivity index (χ4v) is 1.66. The molecule has 0 aliphatic rings. The zero-order chi connectivity index (χ0) is 17.1. The molecule has 2 amide bonds. The van der Waals surface area contributed by atoms with Crippen molar-refractivity contribution in [1.82, 2.24) is 15.6 Å². The van der Waals surface area contributed by atoms with Gasteiger partial charge < -0.3 is 10.6 Å². The molecule has 5 heteroatoms. The summed E-state index contributed by atoms with van der Waals surface area (Å²) in [6.07, 6.45) is 3.39. The first kappa shape index (κ1) is 20.1. The van der Waals surface area contributed by atoms with Gasteiger partial charge in [-0.2, -0.15) is 0 Å². The van der Waals surface area contributed by atoms with E-state index in [1.165, 1.54) is 0 Å². The highest BCUT2D eigenvalue weighted by molar-refractivity contribution is 5.88. The molecule has 1 atom stereocenters. The SMILES string of the molecule is CC.CC(C)C(=O)NC(C(=O)NCc1cccnc1)C(C)C. The molecule has 1 aromatic rings. The van der Waals surface area contributed by atoms with Gasteiger partial charge in [0.1, 0.15) is 6.04 Å². The first-order valence-electron chi connectivity index (χ1n) is 7.88. The van der Waals surface area contributed by atoms with Gasteiger partial charge in [0.25, 0.3) is 0 Å². The quantitative estimate of drug-likeness (QED) is 0.848. The minimum atomic E-state index is -0.512. The summed E-state index contributed by atoms with van der Waals surface area (Å²) in [6, 6.07) is 3.20. The first-order valence-corrected chi connectivity index (χ1v) is 7.88. The lowest BCUT2D eigenvalue weighted by atomic mass is 10.0. The van der Waals surface area contributed by atoms with Crippen molar-refractivity contribution in [3.8, 4) is 0 Å². The molecule has 5 nitrogen and oxygen atoms in total. The Hall–Kier alpha value is -1.91. The molecular formula is C17H29N3O2. The Balaban J connectivity index is 0.00000211. The van der Waals surface area contributed by atoms with E-state index in [-0.39, 0.29) is 23.7 Å². The van der Waals surface area contributed by atoms with Crippen molar-refractivity contribution in [2.45, 2.75) is 54.1 Å². The summed E-state index contributed by atoms with van der Waals surface area (Å²) < 4.78 is 0. The van der Waals surface area contributed by atoms with E-state index in [1.54, 1.807) is 26.2 Å². The van der Waals surface area contributed by atoms with Crippen molar-refractivity contribution in [2.75, 3.05) is 0 Å². The van der Waals surface area contributed by atoms with E-state index >= 15 is 0 Å². The Morgan fingerprint density at radius 1 is 1.14 bits per heavy atom. The molecule has 0 bridgehead atoms. The van der Waals surface area contributed by atoms with Crippen LogP contribution in [0.4, 0.5) is 0 Å². The molecule has 0 fully saturated rings. The van der Waals surface area contributed by atoms with E-state index in [4.69, 9.17) is 0 Å². The van der Waals surface area contributed by atoms with E-state index in [0.29, 0.717) is 6.54 Å². The Morgan fingerprint density at radius 2 is 1.77 bits per heavy atom. The molecule has 1 heterocycles. The normalized spacial score (nSPS) is 11.5. The van der Waals surface area contributed by atoms with Gasteiger partial charge in [-0.25, -0.2) is 0 Å². The van der Waals surface area contributed by atoms with Crippen LogP contribution in [0.15, 0.2) is 24.5 Å². The van der Waals surface area contributed by atoms with Crippen LogP contribution in [0.3, 0.4) is 0 Å². The second kappa shape index (κ2) is 10.8. The topological polar surface area (TPSA) is 71.1 Å². The molecule has 0 saturated carbocycles. The molecule has 1 rings (SSSR count). The summed E-state index contributed by atoms with van der Waals surface area (Å²) in [4.78, 5) is 27.9. The van der Waals surface area contributed by atoms with Crippen molar-refractivity contribution in [3.63, 3.8) is 0 Å². The minimum Gasteiger partial charge on any atom is -0.350 e. The van der Waals surface area contributed by atoms with Gasteiger partial charge in [0.2, 0.25) is 11.8 Å². The second-order valence-electron chi connectivity index (χ2n) is 5.46. The van der Waals surface area contributed by atoms with Gasteiger partial charge in [-0.3, -0.25) is 14.6 Å². The third-order valence-corrected chi connectivity index (χ3v) is 2.96. The summed E-state index contributed by atoms with van der Waals surface area (Å²) in [5.74, 6) is -0.382. The highest BCUT2D eigenvalue weighted by Crippen LogP contribution is 2.05. The van der Waals surface area contributed by atoms with Crippen LogP contribution in [-0.2, 0) is 16.1 Å². The predicted octanol–water partition coefficient (Wildman–Crippen LogP) is 2.52. The van der Waals surface area contributed by atoms with Gasteiger partial charge in [-0.15, -0.1) is 0 Å². The molecule has 0 saturated heterocycles. The maximum absolute atomic E-state index is 12.2. The number of amides is 2. The van der Waals surface area contributed by atoms with E-state index in [2.05, 4.69) is 15.6 Å². The summed E-state index contributed by atoms with van der Waals surface area (Å²) in [6.45, 7) is 11.8. The van der Waals surface area contributed by atoms with E-state index in [9.17, 15) is 9.59 Å². The number of rotatable bonds is 6. The largest absolute Gasteiger partial charge is 0.350 e. The number of nitrogens with zero attached hydrogens (tertiary/aromatic N) is 1. The van der Waals surface area contributed by atoms with Crippen LogP contribution < -0.4 is 10.6 Å². The number of hydrogen-bond acceptors (Lipinski definition) is 3. The molecule has 0 aliphatic heterocycles. The second-order valence-corrected chi connectivity index (χ2v) is 5.46. The number of hydrogen-bond donors (Lipinski definition) is 2. The van der Waals surface area contributed by atoms with Gasteiger partial charge in [0, 0.05) is 24.9 Å². The Morgan fingerprint density at radius 3 is 2.23 bits per heavy atom. The molecule has 2 N–H and O–H groups in total. The van der Waals surface area contributed by atoms with Crippen molar-refractivity contribution in [2.24, 2.45) is 11.8 Å². The van der Waals surface area contributed by atoms with Crippen LogP contribution in [0.2, 0.25) is 0 Å². The molecule has 0 aromatic carbocycles. The van der Waals surface area contributed by atoms with E-state index < -0.39 is 6.04 Å². The summed E-state index contributed by atoms with van der Waals surface area (Å²) in [7, 11) is 0. The molecule has 0 aliphatic carbocycles. The van der Waals surface area contributed by atoms with Crippen LogP contribution >= 0.6 is 0 Å². The van der Waals surface area contributed by atoms with Gasteiger partial charge in [0.05, 0.1) is 0 Å². The predicted molar refractivity (Wildman–Crippen MR) is 89.0 cm³/mol. The van der Waals surface area contributed by atoms with Gasteiger partial charge in [-0.05, 0) is 17.5 Å². The standard InChI is InChI=1S/C15H23N3O2.C2H6/c1-10(2)13(18-14(19)11(3)4)15(20)17-9-12-6-5-7-16-8-12;1-2/h5-8,10-11,13H,9H2,1-4H3,(H,17,20)(H,18,19);1-2H3. The van der Waals surface area contributed by atoms with E-state index in [1.807, 2.05) is 39.8 Å². The van der Waals surface area contributed by atoms with Gasteiger partial charge in [-0.1, -0.05) is 47.6 Å². The Labute approximate surface area is 133 Å². The highest BCUT2D eigenvalue weighted by atomic mass is 16.2. The lowest BCUT2D eigenvalue weighted by molar-refractivity contribution is -0.131. The van der Waals surface area contributed by atoms with Crippen LogP contribution in [-0.4, -0.2) is 22.8 Å². The fraction of sp³-hybridized carbons (Fsp3) is 0.588. The zero-order valence-electron chi connectivity index (χ0n) is 14.5. The summed E-state index contributed by atoms with van der Waals surface area (Å²) in [5.41, 5.74) is 0.929. The lowest BCUT2D eigenvalue weighted by Gasteiger charge is -2.22. The fourth-order valence-electron chi connectivity index (χ4n) is 1.66. The third kappa shape index (κ3) is 7.20. The highest BCUT2D eigenvalue weighted by Gasteiger charge is 2.24. The maximum Gasteiger partial charge on any atom is 0.243 e. The maximum atomic E-state index is 12.2. The number of carbonyl (C=O) groups is 2. The summed E-state index contributed by atoms with van der Waals surface area (Å²) >= 11 is 0. The van der Waals surface area contributed by atoms with Crippen molar-refractivity contribution in [1.29, 1.82) is 0 Å². The average molecular weight is 307 g/mol. The van der Waals surface area contributed by atoms with Crippen LogP contribution in [0.5, 0.6) is 0 Å². The molecule has 1 aromatic heterocycles. The van der Waals surface area contributed by atoms with Crippen molar-refractivity contribution >= 4 is 11.8 Å². The van der Waals surface area contributed by atoms with Crippen molar-refractivity contribution in [3.05, 3.63) is 30.1 Å². The smallest absolute Gasteiger partial charge is 0.243 e. The molecule has 124 valence electrons. The van der Waals surface area contributed by atoms with Crippen LogP contribution in [0.1, 0.15) is 47.1 Å². The average Bonchev–Trinajstić information content (AvgIpc) is 2.52. The minimum absolute atomic E-state index is 0.0339. The Bertz CT molecular complexity index is 444. The van der Waals surface area contributed by atoms with Gasteiger partial charge >= 0.3 is 0 Å². The molecule has 0 spiro atoms. The van der Waals surface area contributed by atoms with Crippen molar-refractivity contribution < 1.29 is 9.59 Å². The Kier molecular flexibility index (Phi) is 9.83. The number of aromatic nitrogens is 1. The zero-order valence-corrected chi connectivity index (χ0v) is 14.5. The number of carbonyl (C=O) groups excluding carboxylic acids is 2. The summed E-state index contributed by atoms with van der Waals surface area (Å²) in [5, 5.41) is 5.62. The lowest BCUT2D eigenvalue weighted by Crippen LogP contribution is -2.50. The van der Waals surface area contributed by atoms with Gasteiger partial charge in [0.15, 0.2) is 0 Å². The molecule has 22 heavy (non-hydrogen) atoms.